The summed E-state index contributed by atoms with van der Waals surface area (Å²) in [5.74, 6) is 0.611. The molecule has 3 rings (SSSR count). The molecule has 22 heavy (non-hydrogen) atoms. The van der Waals surface area contributed by atoms with Crippen LogP contribution >= 0.6 is 0 Å². The van der Waals surface area contributed by atoms with E-state index in [1.165, 1.54) is 5.56 Å². The highest BCUT2D eigenvalue weighted by Crippen LogP contribution is 2.27. The number of nitrogens with zero attached hydrogens (tertiary/aromatic N) is 2. The van der Waals surface area contributed by atoms with Crippen molar-refractivity contribution in [2.75, 3.05) is 32.7 Å². The highest BCUT2D eigenvalue weighted by atomic mass is 16.2. The average Bonchev–Trinajstić information content (AvgIpc) is 2.80. The van der Waals surface area contributed by atoms with E-state index in [2.05, 4.69) is 29.6 Å². The van der Waals surface area contributed by atoms with Crippen molar-refractivity contribution < 1.29 is 9.59 Å². The summed E-state index contributed by atoms with van der Waals surface area (Å²) in [6, 6.07) is 10.4. The van der Waals surface area contributed by atoms with Gasteiger partial charge in [-0.1, -0.05) is 30.3 Å². The Bertz CT molecular complexity index is 532. The van der Waals surface area contributed by atoms with E-state index >= 15 is 0 Å². The largest absolute Gasteiger partial charge is 0.341 e. The first-order valence-corrected chi connectivity index (χ1v) is 8.09. The van der Waals surface area contributed by atoms with Gasteiger partial charge in [0.2, 0.25) is 5.91 Å². The van der Waals surface area contributed by atoms with Crippen molar-refractivity contribution in [3.63, 3.8) is 0 Å². The van der Waals surface area contributed by atoms with Crippen molar-refractivity contribution in [3.8, 4) is 0 Å². The highest BCUT2D eigenvalue weighted by molar-refractivity contribution is 5.85. The maximum atomic E-state index is 12.4. The first-order chi connectivity index (χ1) is 10.7. The third kappa shape index (κ3) is 3.40. The predicted octanol–water partition coefficient (Wildman–Crippen LogP) is 1.81. The lowest BCUT2D eigenvalue weighted by molar-refractivity contribution is -0.131. The van der Waals surface area contributed by atoms with Gasteiger partial charge in [-0.15, -0.1) is 0 Å². The normalized spacial score (nSPS) is 22.4. The molecule has 5 nitrogen and oxygen atoms in total. The Morgan fingerprint density at radius 3 is 2.68 bits per heavy atom. The first kappa shape index (κ1) is 14.9. The second kappa shape index (κ2) is 6.81. The van der Waals surface area contributed by atoms with Crippen LogP contribution in [0.4, 0.5) is 4.79 Å². The molecule has 3 amide bonds. The van der Waals surface area contributed by atoms with Crippen LogP contribution in [0.5, 0.6) is 0 Å². The van der Waals surface area contributed by atoms with Crippen molar-refractivity contribution >= 4 is 11.9 Å². The molecule has 1 aromatic rings. The SMILES string of the molecule is O=C(CN1CCNC1=O)N1CCCC(c2ccccc2)CC1. The molecule has 2 aliphatic rings. The van der Waals surface area contributed by atoms with E-state index in [-0.39, 0.29) is 18.5 Å². The summed E-state index contributed by atoms with van der Waals surface area (Å²) in [6.07, 6.45) is 3.15. The molecule has 2 heterocycles. The van der Waals surface area contributed by atoms with Gasteiger partial charge in [0.25, 0.3) is 0 Å². The third-order valence-electron chi connectivity index (χ3n) is 4.62. The van der Waals surface area contributed by atoms with Gasteiger partial charge in [-0.05, 0) is 30.7 Å². The van der Waals surface area contributed by atoms with Gasteiger partial charge in [0.05, 0.1) is 0 Å². The summed E-state index contributed by atoms with van der Waals surface area (Å²) in [5, 5.41) is 2.74. The zero-order chi connectivity index (χ0) is 15.4. The third-order valence-corrected chi connectivity index (χ3v) is 4.62. The molecule has 1 atom stereocenters. The van der Waals surface area contributed by atoms with Crippen LogP contribution in [0.3, 0.4) is 0 Å². The summed E-state index contributed by atoms with van der Waals surface area (Å²) >= 11 is 0. The molecule has 0 bridgehead atoms. The van der Waals surface area contributed by atoms with E-state index in [1.54, 1.807) is 4.90 Å². The van der Waals surface area contributed by atoms with Gasteiger partial charge < -0.3 is 15.1 Å². The number of urea groups is 1. The van der Waals surface area contributed by atoms with E-state index in [1.807, 2.05) is 11.0 Å². The number of carbonyl (C=O) groups is 2. The van der Waals surface area contributed by atoms with Crippen LogP contribution in [0.15, 0.2) is 30.3 Å². The van der Waals surface area contributed by atoms with Crippen molar-refractivity contribution in [2.24, 2.45) is 0 Å². The lowest BCUT2D eigenvalue weighted by Crippen LogP contribution is -2.42. The molecule has 2 aliphatic heterocycles. The Kier molecular flexibility index (Phi) is 4.61. The fourth-order valence-corrected chi connectivity index (χ4v) is 3.33. The molecule has 1 N–H and O–H groups in total. The van der Waals surface area contributed by atoms with E-state index < -0.39 is 0 Å². The highest BCUT2D eigenvalue weighted by Gasteiger charge is 2.26. The van der Waals surface area contributed by atoms with Crippen LogP contribution in [0.2, 0.25) is 0 Å². The Balaban J connectivity index is 1.56. The van der Waals surface area contributed by atoms with Crippen LogP contribution in [-0.4, -0.2) is 54.5 Å². The topological polar surface area (TPSA) is 52.7 Å². The second-order valence-corrected chi connectivity index (χ2v) is 6.07. The summed E-state index contributed by atoms with van der Waals surface area (Å²) in [4.78, 5) is 27.5. The number of nitrogens with one attached hydrogen (secondary N) is 1. The maximum Gasteiger partial charge on any atom is 0.317 e. The summed E-state index contributed by atoms with van der Waals surface area (Å²) < 4.78 is 0. The fourth-order valence-electron chi connectivity index (χ4n) is 3.33. The van der Waals surface area contributed by atoms with Gasteiger partial charge in [0.1, 0.15) is 6.54 Å². The minimum absolute atomic E-state index is 0.0748. The molecule has 1 unspecified atom stereocenters. The van der Waals surface area contributed by atoms with Crippen LogP contribution in [0.25, 0.3) is 0 Å². The maximum absolute atomic E-state index is 12.4. The standard InChI is InChI=1S/C17H23N3O2/c21-16(13-20-12-9-18-17(20)22)19-10-4-7-15(8-11-19)14-5-2-1-3-6-14/h1-3,5-6,15H,4,7-13H2,(H,18,22). The number of likely N-dealkylation sites (tertiary alicyclic amines) is 1. The lowest BCUT2D eigenvalue weighted by Gasteiger charge is -2.23. The Hall–Kier alpha value is -2.04. The summed E-state index contributed by atoms with van der Waals surface area (Å²) in [5.41, 5.74) is 1.37. The zero-order valence-corrected chi connectivity index (χ0v) is 12.8. The molecule has 0 aliphatic carbocycles. The van der Waals surface area contributed by atoms with Gasteiger partial charge in [-0.2, -0.15) is 0 Å². The van der Waals surface area contributed by atoms with Crippen molar-refractivity contribution in [2.45, 2.75) is 25.2 Å². The zero-order valence-electron chi connectivity index (χ0n) is 12.8. The molecule has 2 fully saturated rings. The predicted molar refractivity (Wildman–Crippen MR) is 84.6 cm³/mol. The number of rotatable bonds is 3. The smallest absolute Gasteiger partial charge is 0.317 e. The van der Waals surface area contributed by atoms with Gasteiger partial charge in [-0.3, -0.25) is 4.79 Å². The van der Waals surface area contributed by atoms with Crippen molar-refractivity contribution in [1.82, 2.24) is 15.1 Å². The molecule has 2 saturated heterocycles. The minimum atomic E-state index is -0.120. The number of hydrogen-bond donors (Lipinski definition) is 1. The molecule has 118 valence electrons. The number of benzene rings is 1. The molecule has 1 aromatic carbocycles. The molecule has 0 radical (unpaired) electrons. The molecular formula is C17H23N3O2. The molecular weight excluding hydrogens is 278 g/mol. The van der Waals surface area contributed by atoms with E-state index in [9.17, 15) is 9.59 Å². The van der Waals surface area contributed by atoms with E-state index in [0.717, 1.165) is 32.4 Å². The lowest BCUT2D eigenvalue weighted by atomic mass is 9.92. The van der Waals surface area contributed by atoms with E-state index in [0.29, 0.717) is 19.0 Å². The summed E-state index contributed by atoms with van der Waals surface area (Å²) in [6.45, 7) is 3.07. The molecule has 0 aromatic heterocycles. The van der Waals surface area contributed by atoms with Crippen molar-refractivity contribution in [3.05, 3.63) is 35.9 Å². The van der Waals surface area contributed by atoms with Gasteiger partial charge in [0.15, 0.2) is 0 Å². The monoisotopic (exact) mass is 301 g/mol. The molecule has 0 saturated carbocycles. The molecule has 0 spiro atoms. The molecule has 5 heteroatoms. The quantitative estimate of drug-likeness (QED) is 0.925. The number of amides is 3. The fraction of sp³-hybridized carbons (Fsp3) is 0.529. The Labute approximate surface area is 131 Å². The first-order valence-electron chi connectivity index (χ1n) is 8.09. The van der Waals surface area contributed by atoms with Crippen molar-refractivity contribution in [1.29, 1.82) is 0 Å². The number of hydrogen-bond acceptors (Lipinski definition) is 2. The van der Waals surface area contributed by atoms with Gasteiger partial charge in [0, 0.05) is 26.2 Å². The van der Waals surface area contributed by atoms with Crippen LogP contribution in [0.1, 0.15) is 30.7 Å². The Morgan fingerprint density at radius 2 is 1.95 bits per heavy atom. The Morgan fingerprint density at radius 1 is 1.14 bits per heavy atom. The van der Waals surface area contributed by atoms with Crippen LogP contribution in [-0.2, 0) is 4.79 Å². The number of carbonyl (C=O) groups excluding carboxylic acids is 2. The second-order valence-electron chi connectivity index (χ2n) is 6.07. The minimum Gasteiger partial charge on any atom is -0.341 e. The summed E-state index contributed by atoms with van der Waals surface area (Å²) in [7, 11) is 0. The van der Waals surface area contributed by atoms with Crippen LogP contribution < -0.4 is 5.32 Å². The van der Waals surface area contributed by atoms with Gasteiger partial charge in [-0.25, -0.2) is 4.79 Å². The average molecular weight is 301 g/mol. The van der Waals surface area contributed by atoms with Gasteiger partial charge >= 0.3 is 6.03 Å². The van der Waals surface area contributed by atoms with E-state index in [4.69, 9.17) is 0 Å². The van der Waals surface area contributed by atoms with Crippen LogP contribution in [0, 0.1) is 0 Å².